The molecule has 0 aliphatic carbocycles. The van der Waals surface area contributed by atoms with E-state index in [0.29, 0.717) is 11.0 Å². The van der Waals surface area contributed by atoms with Crippen molar-refractivity contribution >= 4 is 5.97 Å². The molecule has 0 aromatic heterocycles. The second-order valence-electron chi connectivity index (χ2n) is 3.67. The van der Waals surface area contributed by atoms with Gasteiger partial charge in [-0.1, -0.05) is 0 Å². The number of quaternary nitrogens is 1. The molecule has 0 saturated carbocycles. The van der Waals surface area contributed by atoms with Crippen molar-refractivity contribution in [1.29, 1.82) is 0 Å². The van der Waals surface area contributed by atoms with Gasteiger partial charge >= 0.3 is 0 Å². The number of aliphatic hydroxyl groups is 1. The van der Waals surface area contributed by atoms with Crippen molar-refractivity contribution in [2.24, 2.45) is 5.92 Å². The molecule has 0 spiro atoms. The van der Waals surface area contributed by atoms with E-state index in [2.05, 4.69) is 0 Å². The standard InChI is InChI=1S/C7H15NO3/c1-8(2,3)4-6(5-9)7(10)11/h6,9H,4-5H2,1-3H3. The molecule has 0 aliphatic rings. The monoisotopic (exact) mass is 161 g/mol. The minimum Gasteiger partial charge on any atom is -0.550 e. The first-order valence-electron chi connectivity index (χ1n) is 3.49. The third-order valence-electron chi connectivity index (χ3n) is 1.32. The number of hydrogen-bond acceptors (Lipinski definition) is 3. The highest BCUT2D eigenvalue weighted by molar-refractivity contribution is 5.67. The molecular formula is C7H15NO3. The van der Waals surface area contributed by atoms with Crippen LogP contribution in [0.3, 0.4) is 0 Å². The summed E-state index contributed by atoms with van der Waals surface area (Å²) >= 11 is 0. The summed E-state index contributed by atoms with van der Waals surface area (Å²) in [5.41, 5.74) is 0. The number of carbonyl (C=O) groups is 1. The minimum atomic E-state index is -1.18. The molecule has 0 aromatic rings. The van der Waals surface area contributed by atoms with E-state index in [1.165, 1.54) is 0 Å². The molecule has 0 bridgehead atoms. The normalized spacial score (nSPS) is 14.5. The highest BCUT2D eigenvalue weighted by Crippen LogP contribution is 2.00. The Balaban J connectivity index is 3.99. The summed E-state index contributed by atoms with van der Waals surface area (Å²) in [7, 11) is 5.60. The van der Waals surface area contributed by atoms with Crippen molar-refractivity contribution in [3.8, 4) is 0 Å². The lowest BCUT2D eigenvalue weighted by molar-refractivity contribution is -0.873. The zero-order valence-corrected chi connectivity index (χ0v) is 7.20. The molecule has 0 saturated heterocycles. The molecule has 4 nitrogen and oxygen atoms in total. The first-order valence-corrected chi connectivity index (χ1v) is 3.49. The van der Waals surface area contributed by atoms with Crippen LogP contribution < -0.4 is 5.11 Å². The summed E-state index contributed by atoms with van der Waals surface area (Å²) in [5, 5.41) is 19.0. The van der Waals surface area contributed by atoms with Crippen molar-refractivity contribution < 1.29 is 19.5 Å². The summed E-state index contributed by atoms with van der Waals surface area (Å²) in [4.78, 5) is 10.3. The highest BCUT2D eigenvalue weighted by Gasteiger charge is 2.17. The quantitative estimate of drug-likeness (QED) is 0.487. The predicted octanol–water partition coefficient (Wildman–Crippen LogP) is -1.95. The molecule has 4 heteroatoms. The average molecular weight is 161 g/mol. The summed E-state index contributed by atoms with van der Waals surface area (Å²) in [6.07, 6.45) is 0. The first-order chi connectivity index (χ1) is 4.87. The van der Waals surface area contributed by atoms with Gasteiger partial charge in [-0.2, -0.15) is 0 Å². The molecule has 0 aliphatic heterocycles. The maximum atomic E-state index is 10.3. The van der Waals surface area contributed by atoms with Gasteiger partial charge in [0, 0.05) is 0 Å². The van der Waals surface area contributed by atoms with Gasteiger partial charge in [-0.25, -0.2) is 0 Å². The number of aliphatic hydroxyl groups excluding tert-OH is 1. The summed E-state index contributed by atoms with van der Waals surface area (Å²) in [6, 6.07) is 0. The van der Waals surface area contributed by atoms with Crippen LogP contribution in [0.1, 0.15) is 0 Å². The lowest BCUT2D eigenvalue weighted by Gasteiger charge is -2.28. The van der Waals surface area contributed by atoms with Crippen LogP contribution in [-0.2, 0) is 4.79 Å². The molecule has 0 aromatic carbocycles. The van der Waals surface area contributed by atoms with E-state index in [0.717, 1.165) is 0 Å². The number of rotatable bonds is 4. The third-order valence-corrected chi connectivity index (χ3v) is 1.32. The van der Waals surface area contributed by atoms with Crippen molar-refractivity contribution in [1.82, 2.24) is 0 Å². The van der Waals surface area contributed by atoms with E-state index >= 15 is 0 Å². The summed E-state index contributed by atoms with van der Waals surface area (Å²) in [5.74, 6) is -1.93. The van der Waals surface area contributed by atoms with Gasteiger partial charge in [-0.15, -0.1) is 0 Å². The molecule has 0 amide bonds. The van der Waals surface area contributed by atoms with E-state index in [1.807, 2.05) is 21.1 Å². The predicted molar refractivity (Wildman–Crippen MR) is 38.5 cm³/mol. The Morgan fingerprint density at radius 2 is 2.00 bits per heavy atom. The van der Waals surface area contributed by atoms with Gasteiger partial charge in [0.2, 0.25) is 0 Å². The number of hydrogen-bond donors (Lipinski definition) is 1. The van der Waals surface area contributed by atoms with Crippen molar-refractivity contribution in [3.63, 3.8) is 0 Å². The largest absolute Gasteiger partial charge is 0.550 e. The van der Waals surface area contributed by atoms with Crippen LogP contribution in [0.2, 0.25) is 0 Å². The van der Waals surface area contributed by atoms with Crippen LogP contribution in [-0.4, -0.2) is 49.9 Å². The van der Waals surface area contributed by atoms with E-state index < -0.39 is 11.9 Å². The minimum absolute atomic E-state index is 0.349. The fourth-order valence-corrected chi connectivity index (χ4v) is 0.868. The Hall–Kier alpha value is -0.610. The average Bonchev–Trinajstić information content (AvgIpc) is 1.80. The van der Waals surface area contributed by atoms with Gasteiger partial charge in [0.1, 0.15) is 0 Å². The molecule has 0 fully saturated rings. The highest BCUT2D eigenvalue weighted by atomic mass is 16.4. The van der Waals surface area contributed by atoms with Crippen molar-refractivity contribution in [3.05, 3.63) is 0 Å². The number of carboxylic acid groups (broad SMARTS) is 1. The van der Waals surface area contributed by atoms with E-state index in [9.17, 15) is 9.90 Å². The lowest BCUT2D eigenvalue weighted by Crippen LogP contribution is -2.46. The van der Waals surface area contributed by atoms with E-state index in [1.54, 1.807) is 0 Å². The van der Waals surface area contributed by atoms with Gasteiger partial charge in [0.15, 0.2) is 0 Å². The Labute approximate surface area is 66.6 Å². The van der Waals surface area contributed by atoms with Crippen LogP contribution in [0.5, 0.6) is 0 Å². The number of carboxylic acids is 1. The molecule has 11 heavy (non-hydrogen) atoms. The van der Waals surface area contributed by atoms with Gasteiger partial charge in [0.25, 0.3) is 0 Å². The molecule has 0 rings (SSSR count). The zero-order valence-electron chi connectivity index (χ0n) is 7.20. The SMILES string of the molecule is C[N+](C)(C)CC(CO)C(=O)[O-]. The maximum Gasteiger partial charge on any atom is 0.0884 e. The molecule has 1 atom stereocenters. The van der Waals surface area contributed by atoms with Gasteiger partial charge in [-0.05, 0) is 0 Å². The molecule has 1 N–H and O–H groups in total. The van der Waals surface area contributed by atoms with Crippen molar-refractivity contribution in [2.75, 3.05) is 34.3 Å². The molecule has 66 valence electrons. The van der Waals surface area contributed by atoms with Crippen LogP contribution in [0.4, 0.5) is 0 Å². The first kappa shape index (κ1) is 10.4. The van der Waals surface area contributed by atoms with E-state index in [4.69, 9.17) is 5.11 Å². The second-order valence-corrected chi connectivity index (χ2v) is 3.67. The van der Waals surface area contributed by atoms with Crippen molar-refractivity contribution in [2.45, 2.75) is 0 Å². The van der Waals surface area contributed by atoms with Gasteiger partial charge < -0.3 is 19.5 Å². The number of aliphatic carboxylic acids is 1. The molecule has 1 unspecified atom stereocenters. The fraction of sp³-hybridized carbons (Fsp3) is 0.857. The summed E-state index contributed by atoms with van der Waals surface area (Å²) in [6.45, 7) is 0.0384. The van der Waals surface area contributed by atoms with Gasteiger partial charge in [0.05, 0.1) is 46.2 Å². The Morgan fingerprint density at radius 1 is 1.55 bits per heavy atom. The third kappa shape index (κ3) is 4.75. The molecule has 0 radical (unpaired) electrons. The smallest absolute Gasteiger partial charge is 0.0884 e. The van der Waals surface area contributed by atoms with Crippen LogP contribution in [0.25, 0.3) is 0 Å². The van der Waals surface area contributed by atoms with Gasteiger partial charge in [-0.3, -0.25) is 0 Å². The Morgan fingerprint density at radius 3 is 2.09 bits per heavy atom. The number of carbonyl (C=O) groups excluding carboxylic acids is 1. The zero-order chi connectivity index (χ0) is 9.07. The summed E-state index contributed by atoms with van der Waals surface area (Å²) < 4.78 is 0.513. The topological polar surface area (TPSA) is 60.4 Å². The van der Waals surface area contributed by atoms with Crippen LogP contribution in [0.15, 0.2) is 0 Å². The van der Waals surface area contributed by atoms with E-state index in [-0.39, 0.29) is 6.61 Å². The van der Waals surface area contributed by atoms with Crippen LogP contribution >= 0.6 is 0 Å². The maximum absolute atomic E-state index is 10.3. The van der Waals surface area contributed by atoms with Crippen LogP contribution in [0, 0.1) is 5.92 Å². The molecule has 0 heterocycles. The fourth-order valence-electron chi connectivity index (χ4n) is 0.868. The Bertz CT molecular complexity index is 139. The molecular weight excluding hydrogens is 146 g/mol. The number of nitrogens with zero attached hydrogens (tertiary/aromatic N) is 1. The lowest BCUT2D eigenvalue weighted by atomic mass is 10.1. The second kappa shape index (κ2) is 3.69. The Kier molecular flexibility index (Phi) is 3.48.